The first-order chi connectivity index (χ1) is 13.0. The lowest BCUT2D eigenvalue weighted by Crippen LogP contribution is -2.43. The van der Waals surface area contributed by atoms with Gasteiger partial charge in [0.25, 0.3) is 0 Å². The molecular formula is C18H28FIN6O2. The number of hydrogen-bond acceptors (Lipinski definition) is 5. The molecule has 0 radical (unpaired) electrons. The standard InChI is InChI=1S/C18H27FN6O2.HI/c1-13(27-16-8-6-5-7-15(16)19)11-21-18(20-9-10-26-4)22-12-17-24-23-14(2)25(17)3;/h5-8,13H,9-12H2,1-4H3,(H2,20,21,22);1H. The minimum Gasteiger partial charge on any atom is -0.486 e. The summed E-state index contributed by atoms with van der Waals surface area (Å²) in [6, 6.07) is 6.34. The summed E-state index contributed by atoms with van der Waals surface area (Å²) in [7, 11) is 3.54. The molecule has 0 aliphatic carbocycles. The predicted molar refractivity (Wildman–Crippen MR) is 117 cm³/mol. The topological polar surface area (TPSA) is 85.6 Å². The molecule has 0 aliphatic heterocycles. The van der Waals surface area contributed by atoms with E-state index >= 15 is 0 Å². The quantitative estimate of drug-likeness (QED) is 0.235. The first kappa shape index (κ1) is 24.1. The van der Waals surface area contributed by atoms with Crippen molar-refractivity contribution in [3.63, 3.8) is 0 Å². The maximum absolute atomic E-state index is 13.7. The number of aromatic nitrogens is 3. The van der Waals surface area contributed by atoms with Gasteiger partial charge in [0.05, 0.1) is 13.2 Å². The molecular weight excluding hydrogens is 478 g/mol. The number of nitrogens with one attached hydrogen (secondary N) is 2. The third kappa shape index (κ3) is 7.58. The Labute approximate surface area is 181 Å². The summed E-state index contributed by atoms with van der Waals surface area (Å²) in [6.07, 6.45) is -0.256. The molecule has 0 amide bonds. The maximum Gasteiger partial charge on any atom is 0.191 e. The number of rotatable bonds is 9. The van der Waals surface area contributed by atoms with E-state index in [0.717, 1.165) is 11.6 Å². The number of guanidine groups is 1. The molecule has 1 heterocycles. The van der Waals surface area contributed by atoms with Gasteiger partial charge in [-0.25, -0.2) is 9.38 Å². The molecule has 0 saturated carbocycles. The average Bonchev–Trinajstić information content (AvgIpc) is 2.97. The molecule has 2 aromatic rings. The molecule has 2 rings (SSSR count). The van der Waals surface area contributed by atoms with E-state index < -0.39 is 0 Å². The van der Waals surface area contributed by atoms with Gasteiger partial charge in [0, 0.05) is 20.7 Å². The van der Waals surface area contributed by atoms with E-state index in [4.69, 9.17) is 9.47 Å². The third-order valence-electron chi connectivity index (χ3n) is 3.88. The van der Waals surface area contributed by atoms with Gasteiger partial charge in [-0.3, -0.25) is 0 Å². The van der Waals surface area contributed by atoms with Gasteiger partial charge in [-0.15, -0.1) is 34.2 Å². The Morgan fingerprint density at radius 3 is 2.68 bits per heavy atom. The number of aryl methyl sites for hydroxylation is 1. The van der Waals surface area contributed by atoms with Crippen molar-refractivity contribution in [1.82, 2.24) is 25.4 Å². The molecule has 1 atom stereocenters. The summed E-state index contributed by atoms with van der Waals surface area (Å²) in [4.78, 5) is 4.52. The minimum atomic E-state index is -0.380. The molecule has 10 heteroatoms. The molecule has 156 valence electrons. The third-order valence-corrected chi connectivity index (χ3v) is 3.88. The highest BCUT2D eigenvalue weighted by Gasteiger charge is 2.10. The zero-order chi connectivity index (χ0) is 19.6. The number of halogens is 2. The number of nitrogens with zero attached hydrogens (tertiary/aromatic N) is 4. The molecule has 28 heavy (non-hydrogen) atoms. The van der Waals surface area contributed by atoms with Gasteiger partial charge in [0.15, 0.2) is 23.4 Å². The summed E-state index contributed by atoms with van der Waals surface area (Å²) < 4.78 is 26.3. The molecule has 2 N–H and O–H groups in total. The minimum absolute atomic E-state index is 0. The van der Waals surface area contributed by atoms with Crippen molar-refractivity contribution in [2.24, 2.45) is 12.0 Å². The molecule has 0 aliphatic rings. The fourth-order valence-corrected chi connectivity index (χ4v) is 2.22. The first-order valence-electron chi connectivity index (χ1n) is 8.78. The second-order valence-electron chi connectivity index (χ2n) is 6.05. The van der Waals surface area contributed by atoms with Gasteiger partial charge >= 0.3 is 0 Å². The Morgan fingerprint density at radius 1 is 1.29 bits per heavy atom. The van der Waals surface area contributed by atoms with Crippen LogP contribution >= 0.6 is 24.0 Å². The van der Waals surface area contributed by atoms with Crippen LogP contribution in [0.25, 0.3) is 0 Å². The van der Waals surface area contributed by atoms with E-state index in [-0.39, 0.29) is 41.6 Å². The number of benzene rings is 1. The zero-order valence-electron chi connectivity index (χ0n) is 16.6. The van der Waals surface area contributed by atoms with Gasteiger partial charge in [-0.2, -0.15) is 0 Å². The monoisotopic (exact) mass is 506 g/mol. The molecule has 0 fully saturated rings. The van der Waals surface area contributed by atoms with Crippen LogP contribution in [0.4, 0.5) is 4.39 Å². The Morgan fingerprint density at radius 2 is 2.04 bits per heavy atom. The highest BCUT2D eigenvalue weighted by Crippen LogP contribution is 2.16. The van der Waals surface area contributed by atoms with E-state index in [9.17, 15) is 4.39 Å². The van der Waals surface area contributed by atoms with Crippen LogP contribution in [-0.2, 0) is 18.3 Å². The molecule has 1 aromatic heterocycles. The zero-order valence-corrected chi connectivity index (χ0v) is 18.9. The molecule has 1 aromatic carbocycles. The van der Waals surface area contributed by atoms with E-state index in [2.05, 4.69) is 25.8 Å². The molecule has 8 nitrogen and oxygen atoms in total. The average molecular weight is 506 g/mol. The van der Waals surface area contributed by atoms with Crippen LogP contribution in [-0.4, -0.2) is 53.6 Å². The lowest BCUT2D eigenvalue weighted by Gasteiger charge is -2.18. The van der Waals surface area contributed by atoms with Crippen LogP contribution in [0, 0.1) is 12.7 Å². The Hall–Kier alpha value is -1.95. The fraction of sp³-hybridized carbons (Fsp3) is 0.500. The first-order valence-corrected chi connectivity index (χ1v) is 8.78. The van der Waals surface area contributed by atoms with Crippen LogP contribution in [0.15, 0.2) is 29.3 Å². The largest absolute Gasteiger partial charge is 0.486 e. The van der Waals surface area contributed by atoms with Crippen molar-refractivity contribution in [3.05, 3.63) is 41.7 Å². The van der Waals surface area contributed by atoms with Crippen molar-refractivity contribution in [3.8, 4) is 5.75 Å². The van der Waals surface area contributed by atoms with E-state index in [0.29, 0.717) is 32.2 Å². The Bertz CT molecular complexity index is 755. The maximum atomic E-state index is 13.7. The van der Waals surface area contributed by atoms with Crippen LogP contribution in [0.5, 0.6) is 5.75 Å². The highest BCUT2D eigenvalue weighted by atomic mass is 127. The number of aliphatic imine (C=N–C) groups is 1. The highest BCUT2D eigenvalue weighted by molar-refractivity contribution is 14.0. The summed E-state index contributed by atoms with van der Waals surface area (Å²) in [6.45, 7) is 5.72. The van der Waals surface area contributed by atoms with E-state index in [1.165, 1.54) is 6.07 Å². The Balaban J connectivity index is 0.00000392. The van der Waals surface area contributed by atoms with Crippen LogP contribution < -0.4 is 15.4 Å². The van der Waals surface area contributed by atoms with Crippen LogP contribution in [0.3, 0.4) is 0 Å². The number of hydrogen-bond donors (Lipinski definition) is 2. The van der Waals surface area contributed by atoms with Crippen molar-refractivity contribution in [2.45, 2.75) is 26.5 Å². The molecule has 0 spiro atoms. The SMILES string of the molecule is COCCNC(=NCc1nnc(C)n1C)NCC(C)Oc1ccccc1F.I. The van der Waals surface area contributed by atoms with Gasteiger partial charge in [0.2, 0.25) is 0 Å². The molecule has 0 saturated heterocycles. The van der Waals surface area contributed by atoms with Gasteiger partial charge in [0.1, 0.15) is 18.5 Å². The van der Waals surface area contributed by atoms with Crippen LogP contribution in [0.2, 0.25) is 0 Å². The van der Waals surface area contributed by atoms with Gasteiger partial charge in [-0.1, -0.05) is 12.1 Å². The smallest absolute Gasteiger partial charge is 0.191 e. The van der Waals surface area contributed by atoms with E-state index in [1.54, 1.807) is 25.3 Å². The fourth-order valence-electron chi connectivity index (χ4n) is 2.22. The van der Waals surface area contributed by atoms with Crippen molar-refractivity contribution in [1.29, 1.82) is 0 Å². The van der Waals surface area contributed by atoms with Crippen LogP contribution in [0.1, 0.15) is 18.6 Å². The van der Waals surface area contributed by atoms with Gasteiger partial charge in [-0.05, 0) is 26.0 Å². The van der Waals surface area contributed by atoms with E-state index in [1.807, 2.05) is 25.5 Å². The predicted octanol–water partition coefficient (Wildman–Crippen LogP) is 2.03. The lowest BCUT2D eigenvalue weighted by molar-refractivity contribution is 0.202. The summed E-state index contributed by atoms with van der Waals surface area (Å²) in [5.41, 5.74) is 0. The number of ether oxygens (including phenoxy) is 2. The van der Waals surface area contributed by atoms with Gasteiger partial charge < -0.3 is 24.7 Å². The second kappa shape index (κ2) is 12.5. The van der Waals surface area contributed by atoms with Crippen molar-refractivity contribution >= 4 is 29.9 Å². The molecule has 0 bridgehead atoms. The Kier molecular flexibility index (Phi) is 10.8. The summed E-state index contributed by atoms with van der Waals surface area (Å²) in [5, 5.41) is 14.5. The molecule has 1 unspecified atom stereocenters. The normalized spacial score (nSPS) is 12.2. The number of para-hydroxylation sites is 1. The summed E-state index contributed by atoms with van der Waals surface area (Å²) in [5.74, 6) is 2.03. The lowest BCUT2D eigenvalue weighted by atomic mass is 10.3. The van der Waals surface area contributed by atoms with Crippen molar-refractivity contribution in [2.75, 3.05) is 26.8 Å². The summed E-state index contributed by atoms with van der Waals surface area (Å²) >= 11 is 0. The van der Waals surface area contributed by atoms with Crippen molar-refractivity contribution < 1.29 is 13.9 Å². The number of methoxy groups -OCH3 is 1. The second-order valence-corrected chi connectivity index (χ2v) is 6.05.